The van der Waals surface area contributed by atoms with Crippen molar-refractivity contribution in [1.82, 2.24) is 4.40 Å². The molecule has 0 saturated carbocycles. The molecule has 2 heterocycles. The van der Waals surface area contributed by atoms with Crippen molar-refractivity contribution in [2.75, 3.05) is 0 Å². The standard InChI is InChI=1S/C10H8ClNO/c1-7-5-9(13)6-8-3-2-4-10(11)12(7)8/h2-6H,1H3. The number of pyridine rings is 2. The Bertz CT molecular complexity index is 516. The van der Waals surface area contributed by atoms with Gasteiger partial charge in [-0.3, -0.25) is 4.79 Å². The van der Waals surface area contributed by atoms with Crippen molar-refractivity contribution in [1.29, 1.82) is 0 Å². The van der Waals surface area contributed by atoms with Crippen molar-refractivity contribution >= 4 is 17.1 Å². The molecule has 0 aromatic carbocycles. The molecule has 0 atom stereocenters. The Hall–Kier alpha value is -1.28. The smallest absolute Gasteiger partial charge is 0.182 e. The molecule has 2 rings (SSSR count). The maximum atomic E-state index is 11.2. The fraction of sp³-hybridized carbons (Fsp3) is 0.100. The van der Waals surface area contributed by atoms with E-state index in [0.29, 0.717) is 5.15 Å². The Morgan fingerprint density at radius 1 is 1.31 bits per heavy atom. The maximum absolute atomic E-state index is 11.2. The number of rotatable bonds is 0. The van der Waals surface area contributed by atoms with Crippen molar-refractivity contribution in [3.8, 4) is 0 Å². The van der Waals surface area contributed by atoms with Gasteiger partial charge in [0.05, 0.1) is 5.52 Å². The first-order chi connectivity index (χ1) is 6.18. The predicted molar refractivity (Wildman–Crippen MR) is 53.4 cm³/mol. The molecule has 0 bridgehead atoms. The topological polar surface area (TPSA) is 21.5 Å². The van der Waals surface area contributed by atoms with E-state index in [-0.39, 0.29) is 5.43 Å². The summed E-state index contributed by atoms with van der Waals surface area (Å²) in [4.78, 5) is 11.2. The first-order valence-corrected chi connectivity index (χ1v) is 4.34. The number of nitrogens with zero attached hydrogens (tertiary/aromatic N) is 1. The third-order valence-corrected chi connectivity index (χ3v) is 2.26. The molecular formula is C10H8ClNO. The summed E-state index contributed by atoms with van der Waals surface area (Å²) < 4.78 is 1.84. The van der Waals surface area contributed by atoms with Crippen molar-refractivity contribution in [3.63, 3.8) is 0 Å². The molecular weight excluding hydrogens is 186 g/mol. The molecule has 0 N–H and O–H groups in total. The quantitative estimate of drug-likeness (QED) is 0.588. The minimum Gasteiger partial charge on any atom is -0.305 e. The molecule has 0 aliphatic heterocycles. The van der Waals surface area contributed by atoms with E-state index in [0.717, 1.165) is 11.2 Å². The normalized spacial score (nSPS) is 10.6. The Labute approximate surface area is 80.4 Å². The second-order valence-corrected chi connectivity index (χ2v) is 3.33. The number of hydrogen-bond donors (Lipinski definition) is 0. The van der Waals surface area contributed by atoms with Crippen LogP contribution >= 0.6 is 11.6 Å². The first-order valence-electron chi connectivity index (χ1n) is 3.96. The zero-order valence-electron chi connectivity index (χ0n) is 7.12. The summed E-state index contributed by atoms with van der Waals surface area (Å²) in [6, 6.07) is 8.63. The van der Waals surface area contributed by atoms with Gasteiger partial charge in [-0.15, -0.1) is 0 Å². The monoisotopic (exact) mass is 193 g/mol. The molecule has 0 aliphatic rings. The summed E-state index contributed by atoms with van der Waals surface area (Å²) >= 11 is 5.98. The van der Waals surface area contributed by atoms with Gasteiger partial charge in [0.25, 0.3) is 0 Å². The van der Waals surface area contributed by atoms with E-state index in [9.17, 15) is 4.79 Å². The molecule has 2 aromatic heterocycles. The van der Waals surface area contributed by atoms with Crippen molar-refractivity contribution in [2.24, 2.45) is 0 Å². The molecule has 0 radical (unpaired) electrons. The van der Waals surface area contributed by atoms with Crippen LogP contribution in [0.15, 0.2) is 35.1 Å². The third-order valence-electron chi connectivity index (χ3n) is 1.97. The fourth-order valence-electron chi connectivity index (χ4n) is 1.44. The second kappa shape index (κ2) is 2.89. The SMILES string of the molecule is Cc1cc(=O)cc2cccc(Cl)n12. The summed E-state index contributed by atoms with van der Waals surface area (Å²) in [6.07, 6.45) is 0. The van der Waals surface area contributed by atoms with E-state index in [1.807, 2.05) is 23.5 Å². The van der Waals surface area contributed by atoms with E-state index >= 15 is 0 Å². The highest BCUT2D eigenvalue weighted by molar-refractivity contribution is 6.29. The van der Waals surface area contributed by atoms with Gasteiger partial charge in [0.2, 0.25) is 0 Å². The van der Waals surface area contributed by atoms with E-state index in [4.69, 9.17) is 11.6 Å². The van der Waals surface area contributed by atoms with E-state index in [2.05, 4.69) is 0 Å². The van der Waals surface area contributed by atoms with Crippen LogP contribution in [0.1, 0.15) is 5.69 Å². The lowest BCUT2D eigenvalue weighted by Gasteiger charge is -2.06. The third kappa shape index (κ3) is 1.33. The van der Waals surface area contributed by atoms with Crippen molar-refractivity contribution in [2.45, 2.75) is 6.92 Å². The Kier molecular flexibility index (Phi) is 1.85. The lowest BCUT2D eigenvalue weighted by molar-refractivity contribution is 1.07. The Morgan fingerprint density at radius 2 is 2.08 bits per heavy atom. The number of aromatic nitrogens is 1. The zero-order valence-corrected chi connectivity index (χ0v) is 7.88. The van der Waals surface area contributed by atoms with Crippen LogP contribution in [-0.2, 0) is 0 Å². The minimum atomic E-state index is 0.0137. The van der Waals surface area contributed by atoms with Crippen molar-refractivity contribution in [3.05, 3.63) is 51.4 Å². The highest BCUT2D eigenvalue weighted by Gasteiger charge is 1.99. The van der Waals surface area contributed by atoms with Crippen molar-refractivity contribution < 1.29 is 0 Å². The van der Waals surface area contributed by atoms with Crippen LogP contribution < -0.4 is 5.43 Å². The van der Waals surface area contributed by atoms with Gasteiger partial charge in [0.1, 0.15) is 5.15 Å². The zero-order chi connectivity index (χ0) is 9.42. The highest BCUT2D eigenvalue weighted by atomic mass is 35.5. The molecule has 0 aliphatic carbocycles. The molecule has 2 aromatic rings. The van der Waals surface area contributed by atoms with E-state index < -0.39 is 0 Å². The van der Waals surface area contributed by atoms with Crippen LogP contribution in [0.2, 0.25) is 5.15 Å². The van der Waals surface area contributed by atoms with Gasteiger partial charge < -0.3 is 4.40 Å². The number of hydrogen-bond acceptors (Lipinski definition) is 1. The van der Waals surface area contributed by atoms with Gasteiger partial charge >= 0.3 is 0 Å². The summed E-state index contributed by atoms with van der Waals surface area (Å²) in [6.45, 7) is 1.86. The highest BCUT2D eigenvalue weighted by Crippen LogP contribution is 2.13. The van der Waals surface area contributed by atoms with Crippen LogP contribution in [0.4, 0.5) is 0 Å². The number of aryl methyl sites for hydroxylation is 1. The van der Waals surface area contributed by atoms with Crippen LogP contribution in [0.3, 0.4) is 0 Å². The number of halogens is 1. The van der Waals surface area contributed by atoms with Crippen LogP contribution in [0, 0.1) is 6.92 Å². The van der Waals surface area contributed by atoms with E-state index in [1.165, 1.54) is 0 Å². The molecule has 0 saturated heterocycles. The Balaban J connectivity index is 3.03. The summed E-state index contributed by atoms with van der Waals surface area (Å²) in [5.41, 5.74) is 1.70. The van der Waals surface area contributed by atoms with Gasteiger partial charge in [-0.1, -0.05) is 17.7 Å². The molecule has 2 nitrogen and oxygen atoms in total. The average Bonchev–Trinajstić information content (AvgIpc) is 2.02. The summed E-state index contributed by atoms with van der Waals surface area (Å²) in [5, 5.41) is 0.620. The summed E-state index contributed by atoms with van der Waals surface area (Å²) in [7, 11) is 0. The molecule has 0 amide bonds. The average molecular weight is 194 g/mol. The fourth-order valence-corrected chi connectivity index (χ4v) is 1.74. The largest absolute Gasteiger partial charge is 0.305 e. The minimum absolute atomic E-state index is 0.0137. The lowest BCUT2D eigenvalue weighted by atomic mass is 10.3. The molecule has 13 heavy (non-hydrogen) atoms. The maximum Gasteiger partial charge on any atom is 0.182 e. The molecule has 0 spiro atoms. The van der Waals surface area contributed by atoms with Gasteiger partial charge in [0.15, 0.2) is 5.43 Å². The first kappa shape index (κ1) is 8.32. The second-order valence-electron chi connectivity index (χ2n) is 2.94. The van der Waals surface area contributed by atoms with Gasteiger partial charge in [-0.2, -0.15) is 0 Å². The van der Waals surface area contributed by atoms with Gasteiger partial charge in [0, 0.05) is 17.8 Å². The molecule has 0 fully saturated rings. The molecule has 66 valence electrons. The molecule has 0 unspecified atom stereocenters. The van der Waals surface area contributed by atoms with Crippen LogP contribution in [-0.4, -0.2) is 4.40 Å². The number of fused-ring (bicyclic) bond motifs is 1. The van der Waals surface area contributed by atoms with Crippen LogP contribution in [0.5, 0.6) is 0 Å². The van der Waals surface area contributed by atoms with Crippen LogP contribution in [0.25, 0.3) is 5.52 Å². The van der Waals surface area contributed by atoms with E-state index in [1.54, 1.807) is 18.2 Å². The Morgan fingerprint density at radius 3 is 2.85 bits per heavy atom. The van der Waals surface area contributed by atoms with Gasteiger partial charge in [-0.25, -0.2) is 0 Å². The molecule has 3 heteroatoms. The van der Waals surface area contributed by atoms with Gasteiger partial charge in [-0.05, 0) is 19.1 Å². The predicted octanol–water partition coefficient (Wildman–Crippen LogP) is 2.26. The summed E-state index contributed by atoms with van der Waals surface area (Å²) in [5.74, 6) is 0. The lowest BCUT2D eigenvalue weighted by Crippen LogP contribution is -2.04.